The number of hydrogen-bond donors (Lipinski definition) is 1. The van der Waals surface area contributed by atoms with Gasteiger partial charge in [-0.3, -0.25) is 0 Å². The highest BCUT2D eigenvalue weighted by molar-refractivity contribution is 7.05. The number of ether oxygens (including phenoxy) is 1. The Bertz CT molecular complexity index is 346. The summed E-state index contributed by atoms with van der Waals surface area (Å²) >= 11 is 1.42. The summed E-state index contributed by atoms with van der Waals surface area (Å²) in [7, 11) is 1.72. The lowest BCUT2D eigenvalue weighted by atomic mass is 9.87. The number of rotatable bonds is 5. The van der Waals surface area contributed by atoms with Gasteiger partial charge in [-0.2, -0.15) is 0 Å². The minimum absolute atomic E-state index is 0.000579. The van der Waals surface area contributed by atoms with Gasteiger partial charge in [0, 0.05) is 25.2 Å². The highest BCUT2D eigenvalue weighted by Gasteiger charge is 2.27. The fraction of sp³-hybridized carbons (Fsp3) is 0.833. The van der Waals surface area contributed by atoms with Crippen molar-refractivity contribution in [1.29, 1.82) is 0 Å². The smallest absolute Gasteiger partial charge is 0.0857 e. The minimum Gasteiger partial charge on any atom is -0.385 e. The molecule has 4 nitrogen and oxygen atoms in total. The van der Waals surface area contributed by atoms with Crippen LogP contribution in [0.25, 0.3) is 0 Å². The molecule has 2 atom stereocenters. The van der Waals surface area contributed by atoms with Gasteiger partial charge in [0.2, 0.25) is 0 Å². The molecule has 0 saturated carbocycles. The van der Waals surface area contributed by atoms with Gasteiger partial charge < -0.3 is 10.5 Å². The number of aromatic nitrogens is 2. The second-order valence-corrected chi connectivity index (χ2v) is 6.31. The molecule has 5 heteroatoms. The first-order valence-corrected chi connectivity index (χ1v) is 6.72. The number of methoxy groups -OCH3 is 1. The first kappa shape index (κ1) is 14.5. The third-order valence-electron chi connectivity index (χ3n) is 2.92. The van der Waals surface area contributed by atoms with Crippen molar-refractivity contribution in [3.05, 3.63) is 10.6 Å². The molecule has 0 spiro atoms. The molecule has 0 radical (unpaired) electrons. The zero-order valence-electron chi connectivity index (χ0n) is 11.4. The molecule has 0 saturated heterocycles. The van der Waals surface area contributed by atoms with E-state index >= 15 is 0 Å². The summed E-state index contributed by atoms with van der Waals surface area (Å²) in [5, 5.41) is 4.23. The molecule has 2 unspecified atom stereocenters. The Morgan fingerprint density at radius 1 is 1.41 bits per heavy atom. The van der Waals surface area contributed by atoms with Crippen molar-refractivity contribution in [3.63, 3.8) is 0 Å². The summed E-state index contributed by atoms with van der Waals surface area (Å²) in [6.45, 7) is 9.31. The van der Waals surface area contributed by atoms with Gasteiger partial charge in [-0.15, -0.1) is 5.10 Å². The summed E-state index contributed by atoms with van der Waals surface area (Å²) in [6.07, 6.45) is 0.957. The Labute approximate surface area is 108 Å². The third-order valence-corrected chi connectivity index (χ3v) is 3.74. The molecule has 1 heterocycles. The van der Waals surface area contributed by atoms with Gasteiger partial charge in [-0.05, 0) is 23.9 Å². The van der Waals surface area contributed by atoms with E-state index < -0.39 is 0 Å². The normalized spacial score (nSPS) is 15.9. The van der Waals surface area contributed by atoms with Crippen LogP contribution in [0.2, 0.25) is 0 Å². The molecule has 2 N–H and O–H groups in total. The van der Waals surface area contributed by atoms with Gasteiger partial charge in [-0.1, -0.05) is 32.2 Å². The van der Waals surface area contributed by atoms with E-state index in [2.05, 4.69) is 37.3 Å². The molecular weight excluding hydrogens is 234 g/mol. The van der Waals surface area contributed by atoms with Crippen LogP contribution in [-0.2, 0) is 10.2 Å². The quantitative estimate of drug-likeness (QED) is 0.880. The number of nitrogens with two attached hydrogens (primary N) is 1. The van der Waals surface area contributed by atoms with Gasteiger partial charge in [0.25, 0.3) is 0 Å². The van der Waals surface area contributed by atoms with E-state index in [0.717, 1.165) is 23.6 Å². The van der Waals surface area contributed by atoms with Crippen LogP contribution in [0.3, 0.4) is 0 Å². The van der Waals surface area contributed by atoms with Crippen molar-refractivity contribution in [1.82, 2.24) is 9.59 Å². The summed E-state index contributed by atoms with van der Waals surface area (Å²) < 4.78 is 9.15. The van der Waals surface area contributed by atoms with Crippen LogP contribution >= 0.6 is 11.5 Å². The Hall–Kier alpha value is -0.520. The van der Waals surface area contributed by atoms with Crippen molar-refractivity contribution in [2.45, 2.75) is 45.6 Å². The van der Waals surface area contributed by atoms with Gasteiger partial charge in [0.05, 0.1) is 10.6 Å². The molecule has 1 aromatic rings. The monoisotopic (exact) mass is 257 g/mol. The second-order valence-electron chi connectivity index (χ2n) is 5.52. The first-order valence-electron chi connectivity index (χ1n) is 5.95. The predicted octanol–water partition coefficient (Wildman–Crippen LogP) is 2.51. The van der Waals surface area contributed by atoms with Gasteiger partial charge in [0.15, 0.2) is 0 Å². The van der Waals surface area contributed by atoms with Crippen LogP contribution in [0, 0.1) is 5.92 Å². The second kappa shape index (κ2) is 5.89. The highest BCUT2D eigenvalue weighted by Crippen LogP contribution is 2.33. The fourth-order valence-electron chi connectivity index (χ4n) is 1.68. The summed E-state index contributed by atoms with van der Waals surface area (Å²) in [4.78, 5) is 1.11. The van der Waals surface area contributed by atoms with E-state index in [0.29, 0.717) is 5.92 Å². The molecular formula is C12H23N3OS. The summed E-state index contributed by atoms with van der Waals surface area (Å²) in [5.41, 5.74) is 7.32. The van der Waals surface area contributed by atoms with E-state index in [4.69, 9.17) is 10.5 Å². The largest absolute Gasteiger partial charge is 0.385 e. The van der Waals surface area contributed by atoms with Crippen LogP contribution in [-0.4, -0.2) is 23.3 Å². The minimum atomic E-state index is -0.000579. The third kappa shape index (κ3) is 3.72. The Morgan fingerprint density at radius 2 is 2.06 bits per heavy atom. The molecule has 1 aromatic heterocycles. The average Bonchev–Trinajstić information content (AvgIpc) is 2.73. The Balaban J connectivity index is 2.82. The van der Waals surface area contributed by atoms with Crippen molar-refractivity contribution in [2.75, 3.05) is 13.7 Å². The standard InChI is InChI=1S/C12H23N3OS/c1-8(6-7-16-5)9(13)10-11(12(2,3)4)14-15-17-10/h8-9H,6-7,13H2,1-5H3. The van der Waals surface area contributed by atoms with E-state index in [1.807, 2.05) is 0 Å². The van der Waals surface area contributed by atoms with Crippen LogP contribution < -0.4 is 5.73 Å². The maximum atomic E-state index is 6.30. The zero-order chi connectivity index (χ0) is 13.1. The summed E-state index contributed by atoms with van der Waals surface area (Å²) in [5.74, 6) is 0.373. The van der Waals surface area contributed by atoms with Crippen molar-refractivity contribution in [2.24, 2.45) is 11.7 Å². The van der Waals surface area contributed by atoms with Crippen LogP contribution in [0.15, 0.2) is 0 Å². The van der Waals surface area contributed by atoms with Gasteiger partial charge in [-0.25, -0.2) is 0 Å². The molecule has 98 valence electrons. The lowest BCUT2D eigenvalue weighted by Crippen LogP contribution is -2.24. The molecule has 0 fully saturated rings. The molecule has 1 rings (SSSR count). The molecule has 0 bridgehead atoms. The molecule has 0 aliphatic rings. The van der Waals surface area contributed by atoms with Crippen LogP contribution in [0.1, 0.15) is 50.7 Å². The molecule has 17 heavy (non-hydrogen) atoms. The van der Waals surface area contributed by atoms with Gasteiger partial charge >= 0.3 is 0 Å². The maximum absolute atomic E-state index is 6.30. The topological polar surface area (TPSA) is 61.0 Å². The Morgan fingerprint density at radius 3 is 2.59 bits per heavy atom. The average molecular weight is 257 g/mol. The maximum Gasteiger partial charge on any atom is 0.0857 e. The lowest BCUT2D eigenvalue weighted by Gasteiger charge is -2.23. The molecule has 0 amide bonds. The van der Waals surface area contributed by atoms with Gasteiger partial charge in [0.1, 0.15) is 0 Å². The van der Waals surface area contributed by atoms with Crippen molar-refractivity contribution < 1.29 is 4.74 Å². The van der Waals surface area contributed by atoms with Crippen LogP contribution in [0.5, 0.6) is 0 Å². The Kier molecular flexibility index (Phi) is 5.04. The highest BCUT2D eigenvalue weighted by atomic mass is 32.1. The fourth-order valence-corrected chi connectivity index (χ4v) is 2.68. The van der Waals surface area contributed by atoms with Crippen molar-refractivity contribution >= 4 is 11.5 Å². The first-order chi connectivity index (χ1) is 7.88. The van der Waals surface area contributed by atoms with E-state index in [1.165, 1.54) is 11.5 Å². The van der Waals surface area contributed by atoms with E-state index in [9.17, 15) is 0 Å². The van der Waals surface area contributed by atoms with Crippen LogP contribution in [0.4, 0.5) is 0 Å². The SMILES string of the molecule is COCCC(C)C(N)c1snnc1C(C)(C)C. The molecule has 0 aliphatic carbocycles. The molecule has 0 aromatic carbocycles. The summed E-state index contributed by atoms with van der Waals surface area (Å²) in [6, 6.07) is -0.000579. The number of hydrogen-bond acceptors (Lipinski definition) is 5. The molecule has 0 aliphatic heterocycles. The number of nitrogens with zero attached hydrogens (tertiary/aromatic N) is 2. The predicted molar refractivity (Wildman–Crippen MR) is 71.2 cm³/mol. The van der Waals surface area contributed by atoms with E-state index in [1.54, 1.807) is 7.11 Å². The lowest BCUT2D eigenvalue weighted by molar-refractivity contribution is 0.174. The van der Waals surface area contributed by atoms with E-state index in [-0.39, 0.29) is 11.5 Å². The van der Waals surface area contributed by atoms with Crippen molar-refractivity contribution in [3.8, 4) is 0 Å². The zero-order valence-corrected chi connectivity index (χ0v) is 12.2.